The van der Waals surface area contributed by atoms with E-state index in [2.05, 4.69) is 0 Å². The van der Waals surface area contributed by atoms with Crippen LogP contribution in [0.5, 0.6) is 0 Å². The van der Waals surface area contributed by atoms with Gasteiger partial charge in [-0.1, -0.05) is 0 Å². The Morgan fingerprint density at radius 2 is 1.00 bits per heavy atom. The van der Waals surface area contributed by atoms with Gasteiger partial charge in [0.2, 0.25) is 0 Å². The molecule has 0 saturated carbocycles. The van der Waals surface area contributed by atoms with Gasteiger partial charge in [-0.3, -0.25) is 0 Å². The maximum Gasteiger partial charge on any atom is 2.00 e. The first-order chi connectivity index (χ1) is 3.46. The topological polar surface area (TPSA) is 121 Å². The van der Waals surface area contributed by atoms with Crippen molar-refractivity contribution < 1.29 is 41.2 Å². The molecule has 0 heterocycles. The van der Waals surface area contributed by atoms with Crippen LogP contribution in [0.15, 0.2) is 0 Å². The first-order valence-electron chi connectivity index (χ1n) is 1.03. The first-order valence-corrected chi connectivity index (χ1v) is 5.36. The zero-order valence-corrected chi connectivity index (χ0v) is 8.14. The van der Waals surface area contributed by atoms with Gasteiger partial charge in [-0.25, -0.2) is 0 Å². The predicted octanol–water partition coefficient (Wildman–Crippen LogP) is -4.49. The largest absolute Gasteiger partial charge is 2.00 e. The van der Waals surface area contributed by atoms with Crippen molar-refractivity contribution in [3.8, 4) is 0 Å². The van der Waals surface area contributed by atoms with Crippen molar-refractivity contribution in [3.63, 3.8) is 0 Å². The SMILES string of the molecule is O=[Se]([O-])O.O=[Se]([O-])O.[Co+2]. The fourth-order valence-corrected chi connectivity index (χ4v) is 0. The molecule has 0 saturated heterocycles. The molecule has 0 rings (SSSR count). The summed E-state index contributed by atoms with van der Waals surface area (Å²) in [6.07, 6.45) is 0. The molecule has 2 N–H and O–H groups in total. The van der Waals surface area contributed by atoms with Gasteiger partial charge in [-0.05, 0) is 0 Å². The van der Waals surface area contributed by atoms with Crippen LogP contribution < -0.4 is 8.38 Å². The molecule has 0 aliphatic heterocycles. The molecule has 6 nitrogen and oxygen atoms in total. The molecule has 9 heavy (non-hydrogen) atoms. The Kier molecular flexibility index (Phi) is 21.6. The molecule has 2 atom stereocenters. The summed E-state index contributed by atoms with van der Waals surface area (Å²) >= 11 is -7.08. The third-order valence-electron chi connectivity index (χ3n) is 0. The average molecular weight is 315 g/mol. The molecular formula is H2CoO6Se2. The van der Waals surface area contributed by atoms with Crippen molar-refractivity contribution in [2.45, 2.75) is 0 Å². The standard InChI is InChI=1S/Co.2H2O3Se/c;2*1-4(2)3/h;2*(H2,1,2,3)/q+2;;/p-2. The number of rotatable bonds is 0. The van der Waals surface area contributed by atoms with E-state index in [9.17, 15) is 0 Å². The molecule has 0 aromatic carbocycles. The normalized spacial score (nSPS) is 13.8. The summed E-state index contributed by atoms with van der Waals surface area (Å²) in [4.78, 5) is 0. The smallest absolute Gasteiger partial charge is 2.00 e. The van der Waals surface area contributed by atoms with Crippen molar-refractivity contribution >= 4 is 29.0 Å². The van der Waals surface area contributed by atoms with E-state index in [0.29, 0.717) is 0 Å². The van der Waals surface area contributed by atoms with Crippen molar-refractivity contribution in [2.24, 2.45) is 0 Å². The Balaban J connectivity index is -0.0000000720. The molecule has 0 spiro atoms. The first kappa shape index (κ1) is 16.5. The predicted molar refractivity (Wildman–Crippen MR) is 17.3 cm³/mol. The van der Waals surface area contributed by atoms with Crippen LogP contribution in [0.4, 0.5) is 0 Å². The van der Waals surface area contributed by atoms with Gasteiger partial charge >= 0.3 is 70.2 Å². The summed E-state index contributed by atoms with van der Waals surface area (Å²) in [5.74, 6) is 0. The van der Waals surface area contributed by atoms with Gasteiger partial charge < -0.3 is 0 Å². The van der Waals surface area contributed by atoms with Crippen LogP contribution in [0.1, 0.15) is 0 Å². The summed E-state index contributed by atoms with van der Waals surface area (Å²) < 4.78 is 48.8. The van der Waals surface area contributed by atoms with Crippen LogP contribution in [0.3, 0.4) is 0 Å². The van der Waals surface area contributed by atoms with Gasteiger partial charge in [0, 0.05) is 0 Å². The summed E-state index contributed by atoms with van der Waals surface area (Å²) in [7, 11) is 0. The number of hydrogen-bond donors (Lipinski definition) is 2. The summed E-state index contributed by atoms with van der Waals surface area (Å²) in [6.45, 7) is 0. The van der Waals surface area contributed by atoms with Crippen LogP contribution in [-0.2, 0) is 24.4 Å². The molecular weight excluding hydrogens is 313 g/mol. The van der Waals surface area contributed by atoms with Crippen LogP contribution in [0.25, 0.3) is 0 Å². The zero-order chi connectivity index (χ0) is 7.15. The minimum atomic E-state index is -3.54. The van der Waals surface area contributed by atoms with E-state index in [1.807, 2.05) is 0 Å². The van der Waals surface area contributed by atoms with Crippen molar-refractivity contribution in [1.82, 2.24) is 0 Å². The monoisotopic (exact) mass is 317 g/mol. The second-order valence-electron chi connectivity index (χ2n) is 0.434. The Hall–Kier alpha value is 0.985. The van der Waals surface area contributed by atoms with E-state index in [1.165, 1.54) is 0 Å². The number of hydrogen-bond acceptors (Lipinski definition) is 4. The van der Waals surface area contributed by atoms with E-state index < -0.39 is 29.0 Å². The van der Waals surface area contributed by atoms with E-state index in [4.69, 9.17) is 24.4 Å². The van der Waals surface area contributed by atoms with Crippen molar-refractivity contribution in [1.29, 1.82) is 0 Å². The van der Waals surface area contributed by atoms with Crippen LogP contribution >= 0.6 is 0 Å². The average Bonchev–Trinajstić information content (AvgIpc) is 1.25. The molecule has 9 heteroatoms. The quantitative estimate of drug-likeness (QED) is 0.435. The second-order valence-corrected chi connectivity index (χ2v) is 2.26. The maximum atomic E-state index is 8.65. The van der Waals surface area contributed by atoms with Crippen molar-refractivity contribution in [2.75, 3.05) is 0 Å². The molecule has 0 aliphatic rings. The molecule has 0 aromatic heterocycles. The van der Waals surface area contributed by atoms with Gasteiger partial charge in [0.1, 0.15) is 0 Å². The van der Waals surface area contributed by atoms with E-state index in [-0.39, 0.29) is 16.8 Å². The van der Waals surface area contributed by atoms with E-state index in [1.54, 1.807) is 0 Å². The third kappa shape index (κ3) is 451. The molecule has 0 amide bonds. The minimum Gasteiger partial charge on any atom is 2.00 e. The van der Waals surface area contributed by atoms with Crippen LogP contribution in [-0.4, -0.2) is 37.4 Å². The molecule has 1 radical (unpaired) electrons. The molecule has 0 aromatic rings. The molecule has 0 bridgehead atoms. The maximum absolute atomic E-state index is 8.65. The van der Waals surface area contributed by atoms with Gasteiger partial charge in [0.05, 0.1) is 0 Å². The minimum absolute atomic E-state index is 0. The van der Waals surface area contributed by atoms with Gasteiger partial charge in [-0.2, -0.15) is 0 Å². The molecule has 2 unspecified atom stereocenters. The van der Waals surface area contributed by atoms with Gasteiger partial charge in [0.15, 0.2) is 0 Å². The Bertz CT molecular complexity index is 69.1. The molecule has 0 aliphatic carbocycles. The third-order valence-corrected chi connectivity index (χ3v) is 0. The van der Waals surface area contributed by atoms with Crippen molar-refractivity contribution in [3.05, 3.63) is 0 Å². The zero-order valence-electron chi connectivity index (χ0n) is 3.68. The summed E-state index contributed by atoms with van der Waals surface area (Å²) in [5, 5.41) is 0. The Morgan fingerprint density at radius 3 is 1.00 bits per heavy atom. The van der Waals surface area contributed by atoms with Crippen LogP contribution in [0.2, 0.25) is 0 Å². The van der Waals surface area contributed by atoms with E-state index in [0.717, 1.165) is 0 Å². The second kappa shape index (κ2) is 11.7. The van der Waals surface area contributed by atoms with Gasteiger partial charge in [-0.15, -0.1) is 0 Å². The Morgan fingerprint density at radius 1 is 1.00 bits per heavy atom. The van der Waals surface area contributed by atoms with Crippen LogP contribution in [0, 0.1) is 0 Å². The molecule has 0 fully saturated rings. The summed E-state index contributed by atoms with van der Waals surface area (Å²) in [6, 6.07) is 0. The fraction of sp³-hybridized carbons (Fsp3) is 0. The summed E-state index contributed by atoms with van der Waals surface area (Å²) in [5.41, 5.74) is 0. The van der Waals surface area contributed by atoms with Gasteiger partial charge in [0.25, 0.3) is 0 Å². The molecule has 59 valence electrons. The van der Waals surface area contributed by atoms with E-state index >= 15 is 0 Å². The fourth-order valence-electron chi connectivity index (χ4n) is 0. The Labute approximate surface area is 70.2 Å².